The van der Waals surface area contributed by atoms with Crippen LogP contribution in [-0.2, 0) is 9.53 Å². The Morgan fingerprint density at radius 3 is 2.88 bits per heavy atom. The minimum atomic E-state index is -0.518. The minimum Gasteiger partial charge on any atom is -0.508 e. The number of hydrogen-bond donors (Lipinski definition) is 1. The van der Waals surface area contributed by atoms with Gasteiger partial charge in [-0.25, -0.2) is 4.39 Å². The van der Waals surface area contributed by atoms with Crippen LogP contribution in [-0.4, -0.2) is 17.7 Å². The largest absolute Gasteiger partial charge is 0.508 e. The van der Waals surface area contributed by atoms with Crippen molar-refractivity contribution in [2.75, 3.05) is 6.61 Å². The summed E-state index contributed by atoms with van der Waals surface area (Å²) in [5.74, 6) is -0.994. The molecule has 0 atom stereocenters. The summed E-state index contributed by atoms with van der Waals surface area (Å²) in [6.45, 7) is 2.07. The van der Waals surface area contributed by atoms with E-state index >= 15 is 0 Å². The van der Waals surface area contributed by atoms with E-state index in [0.717, 1.165) is 6.07 Å². The first-order valence-electron chi connectivity index (χ1n) is 4.93. The van der Waals surface area contributed by atoms with Gasteiger partial charge in [0.05, 0.1) is 13.0 Å². The molecule has 1 N–H and O–H groups in total. The van der Waals surface area contributed by atoms with Crippen LogP contribution in [0.3, 0.4) is 0 Å². The van der Waals surface area contributed by atoms with Gasteiger partial charge in [-0.15, -0.1) is 0 Å². The lowest BCUT2D eigenvalue weighted by Crippen LogP contribution is -2.01. The van der Waals surface area contributed by atoms with E-state index in [9.17, 15) is 9.18 Å². The Morgan fingerprint density at radius 2 is 2.25 bits per heavy atom. The topological polar surface area (TPSA) is 46.5 Å². The van der Waals surface area contributed by atoms with Crippen molar-refractivity contribution in [2.24, 2.45) is 0 Å². The highest BCUT2D eigenvalue weighted by atomic mass is 19.1. The number of phenols is 1. The van der Waals surface area contributed by atoms with Gasteiger partial charge in [0.2, 0.25) is 0 Å². The maximum absolute atomic E-state index is 12.8. The van der Waals surface area contributed by atoms with E-state index < -0.39 is 5.82 Å². The van der Waals surface area contributed by atoms with Gasteiger partial charge in [0, 0.05) is 6.07 Å². The molecule has 1 aromatic carbocycles. The Balaban J connectivity index is 2.59. The summed E-state index contributed by atoms with van der Waals surface area (Å²) in [6.07, 6.45) is 3.25. The lowest BCUT2D eigenvalue weighted by molar-refractivity contribution is -0.142. The van der Waals surface area contributed by atoms with E-state index in [2.05, 4.69) is 0 Å². The van der Waals surface area contributed by atoms with E-state index in [1.54, 1.807) is 19.1 Å². The first kappa shape index (κ1) is 12.2. The number of esters is 1. The fourth-order valence-electron chi connectivity index (χ4n) is 1.20. The minimum absolute atomic E-state index is 0.130. The molecule has 0 aliphatic heterocycles. The van der Waals surface area contributed by atoms with Crippen molar-refractivity contribution >= 4 is 12.0 Å². The lowest BCUT2D eigenvalue weighted by atomic mass is 10.2. The number of hydrogen-bond acceptors (Lipinski definition) is 3. The highest BCUT2D eigenvalue weighted by Crippen LogP contribution is 2.15. The SMILES string of the molecule is CCOC(=O)CC=Cc1cc(O)cc(F)c1. The molecule has 0 saturated heterocycles. The van der Waals surface area contributed by atoms with Gasteiger partial charge in [0.25, 0.3) is 0 Å². The Hall–Kier alpha value is -1.84. The molecule has 0 aliphatic carbocycles. The number of aromatic hydroxyl groups is 1. The van der Waals surface area contributed by atoms with Crippen LogP contribution in [0.15, 0.2) is 24.3 Å². The van der Waals surface area contributed by atoms with Gasteiger partial charge in [0.1, 0.15) is 11.6 Å². The van der Waals surface area contributed by atoms with Gasteiger partial charge in [-0.3, -0.25) is 4.79 Å². The molecular formula is C12H13FO3. The molecule has 86 valence electrons. The monoisotopic (exact) mass is 224 g/mol. The summed E-state index contributed by atoms with van der Waals surface area (Å²) in [5.41, 5.74) is 0.502. The molecule has 0 fully saturated rings. The predicted molar refractivity (Wildman–Crippen MR) is 58.3 cm³/mol. The number of benzene rings is 1. The standard InChI is InChI=1S/C12H13FO3/c1-2-16-12(15)5-3-4-9-6-10(13)8-11(14)7-9/h3-4,6-8,14H,2,5H2,1H3. The Bertz CT molecular complexity index is 379. The molecule has 0 spiro atoms. The molecule has 0 amide bonds. The number of carbonyl (C=O) groups is 1. The number of carbonyl (C=O) groups excluding carboxylic acids is 1. The van der Waals surface area contributed by atoms with E-state index in [-0.39, 0.29) is 18.1 Å². The van der Waals surface area contributed by atoms with Gasteiger partial charge >= 0.3 is 5.97 Å². The van der Waals surface area contributed by atoms with Gasteiger partial charge in [-0.2, -0.15) is 0 Å². The lowest BCUT2D eigenvalue weighted by Gasteiger charge is -1.98. The molecule has 0 aromatic heterocycles. The Labute approximate surface area is 93.2 Å². The van der Waals surface area contributed by atoms with Crippen LogP contribution in [0.1, 0.15) is 18.9 Å². The fraction of sp³-hybridized carbons (Fsp3) is 0.250. The molecule has 0 saturated carbocycles. The van der Waals surface area contributed by atoms with Crippen molar-refractivity contribution in [3.8, 4) is 5.75 Å². The highest BCUT2D eigenvalue weighted by Gasteiger charge is 1.98. The zero-order valence-corrected chi connectivity index (χ0v) is 8.94. The van der Waals surface area contributed by atoms with Crippen molar-refractivity contribution in [2.45, 2.75) is 13.3 Å². The summed E-state index contributed by atoms with van der Waals surface area (Å²) in [6, 6.07) is 3.69. The molecular weight excluding hydrogens is 211 g/mol. The van der Waals surface area contributed by atoms with Crippen LogP contribution < -0.4 is 0 Å². The number of phenolic OH excluding ortho intramolecular Hbond substituents is 1. The average Bonchev–Trinajstić information content (AvgIpc) is 2.16. The van der Waals surface area contributed by atoms with Crippen molar-refractivity contribution in [3.05, 3.63) is 35.7 Å². The van der Waals surface area contributed by atoms with Gasteiger partial charge < -0.3 is 9.84 Å². The molecule has 4 heteroatoms. The third kappa shape index (κ3) is 4.13. The summed E-state index contributed by atoms with van der Waals surface area (Å²) in [4.78, 5) is 11.0. The summed E-state index contributed by atoms with van der Waals surface area (Å²) in [5, 5.41) is 9.12. The van der Waals surface area contributed by atoms with Crippen molar-refractivity contribution in [3.63, 3.8) is 0 Å². The molecule has 0 aliphatic rings. The Morgan fingerprint density at radius 1 is 1.50 bits per heavy atom. The van der Waals surface area contributed by atoms with Crippen LogP contribution in [0, 0.1) is 5.82 Å². The zero-order valence-electron chi connectivity index (χ0n) is 8.94. The fourth-order valence-corrected chi connectivity index (χ4v) is 1.20. The molecule has 0 heterocycles. The summed E-state index contributed by atoms with van der Waals surface area (Å²) < 4.78 is 17.6. The van der Waals surface area contributed by atoms with E-state index in [0.29, 0.717) is 12.2 Å². The van der Waals surface area contributed by atoms with Crippen LogP contribution in [0.25, 0.3) is 6.08 Å². The normalized spacial score (nSPS) is 10.6. The first-order valence-corrected chi connectivity index (χ1v) is 4.93. The molecule has 16 heavy (non-hydrogen) atoms. The predicted octanol–water partition coefficient (Wildman–Crippen LogP) is 2.50. The Kier molecular flexibility index (Phi) is 4.51. The van der Waals surface area contributed by atoms with Crippen LogP contribution in [0.4, 0.5) is 4.39 Å². The first-order chi connectivity index (χ1) is 7.61. The number of ether oxygens (including phenoxy) is 1. The second-order valence-electron chi connectivity index (χ2n) is 3.15. The summed E-state index contributed by atoms with van der Waals surface area (Å²) in [7, 11) is 0. The molecule has 0 unspecified atom stereocenters. The number of rotatable bonds is 4. The second-order valence-corrected chi connectivity index (χ2v) is 3.15. The molecule has 3 nitrogen and oxygen atoms in total. The maximum atomic E-state index is 12.8. The third-order valence-corrected chi connectivity index (χ3v) is 1.81. The molecule has 0 bridgehead atoms. The van der Waals surface area contributed by atoms with Crippen LogP contribution in [0.5, 0.6) is 5.75 Å². The highest BCUT2D eigenvalue weighted by molar-refractivity contribution is 5.72. The van der Waals surface area contributed by atoms with Gasteiger partial charge in [-0.05, 0) is 24.6 Å². The maximum Gasteiger partial charge on any atom is 0.309 e. The third-order valence-electron chi connectivity index (χ3n) is 1.81. The molecule has 0 radical (unpaired) electrons. The molecule has 1 rings (SSSR count). The van der Waals surface area contributed by atoms with Crippen molar-refractivity contribution in [1.82, 2.24) is 0 Å². The smallest absolute Gasteiger partial charge is 0.309 e. The van der Waals surface area contributed by atoms with Gasteiger partial charge in [-0.1, -0.05) is 12.2 Å². The number of halogens is 1. The van der Waals surface area contributed by atoms with Gasteiger partial charge in [0.15, 0.2) is 0 Å². The second kappa shape index (κ2) is 5.90. The van der Waals surface area contributed by atoms with Crippen molar-refractivity contribution in [1.29, 1.82) is 0 Å². The quantitative estimate of drug-likeness (QED) is 0.799. The average molecular weight is 224 g/mol. The van der Waals surface area contributed by atoms with E-state index in [4.69, 9.17) is 9.84 Å². The van der Waals surface area contributed by atoms with E-state index in [1.807, 2.05) is 0 Å². The summed E-state index contributed by atoms with van der Waals surface area (Å²) >= 11 is 0. The van der Waals surface area contributed by atoms with E-state index in [1.165, 1.54) is 12.1 Å². The zero-order chi connectivity index (χ0) is 12.0. The van der Waals surface area contributed by atoms with Crippen molar-refractivity contribution < 1.29 is 19.0 Å². The van der Waals surface area contributed by atoms with Crippen LogP contribution >= 0.6 is 0 Å². The van der Waals surface area contributed by atoms with Crippen LogP contribution in [0.2, 0.25) is 0 Å². The molecule has 1 aromatic rings.